The van der Waals surface area contributed by atoms with Gasteiger partial charge in [0.2, 0.25) is 11.8 Å². The van der Waals surface area contributed by atoms with Crippen molar-refractivity contribution in [3.63, 3.8) is 0 Å². The maximum Gasteiger partial charge on any atom is 0.303 e. The summed E-state index contributed by atoms with van der Waals surface area (Å²) in [5.74, 6) is -1.95. The number of hydrogen-bond acceptors (Lipinski definition) is 13. The van der Waals surface area contributed by atoms with E-state index >= 15 is 0 Å². The molecule has 0 spiro atoms. The third-order valence-electron chi connectivity index (χ3n) is 11.0. The van der Waals surface area contributed by atoms with E-state index in [2.05, 4.69) is 20.6 Å². The number of nitrogens with one attached hydrogen (secondary N) is 3. The molecule has 1 aromatic rings. The molecule has 2 atom stereocenters. The summed E-state index contributed by atoms with van der Waals surface area (Å²) in [4.78, 5) is 90.7. The summed E-state index contributed by atoms with van der Waals surface area (Å²) in [7, 11) is 0. The number of nitrogens with zero attached hydrogens (tertiary/aromatic N) is 1. The molecule has 17 nitrogen and oxygen atoms in total. The van der Waals surface area contributed by atoms with E-state index in [1.54, 1.807) is 6.20 Å². The summed E-state index contributed by atoms with van der Waals surface area (Å²) >= 11 is 0. The van der Waals surface area contributed by atoms with E-state index in [1.165, 1.54) is 71.0 Å². The molecule has 1 rings (SSSR count). The van der Waals surface area contributed by atoms with Gasteiger partial charge in [0.1, 0.15) is 30.6 Å². The van der Waals surface area contributed by atoms with E-state index in [1.807, 2.05) is 0 Å². The number of H-pyrrole nitrogens is 1. The summed E-state index contributed by atoms with van der Waals surface area (Å²) in [5.41, 5.74) is 6.82. The summed E-state index contributed by atoms with van der Waals surface area (Å²) in [5, 5.41) is 14.1. The second kappa shape index (κ2) is 41.5. The molecule has 376 valence electrons. The predicted molar refractivity (Wildman–Crippen MR) is 251 cm³/mol. The quantitative estimate of drug-likeness (QED) is 0.0442. The minimum absolute atomic E-state index is 0. The van der Waals surface area contributed by atoms with Gasteiger partial charge in [-0.15, -0.1) is 0 Å². The number of carbonyl (C=O) groups is 7. The Kier molecular flexibility index (Phi) is 37.8. The van der Waals surface area contributed by atoms with Crippen molar-refractivity contribution < 1.29 is 60.5 Å². The minimum Gasteiger partial charge on any atom is -0.481 e. The van der Waals surface area contributed by atoms with Crippen molar-refractivity contribution in [2.24, 2.45) is 11.7 Å². The normalized spacial score (nSPS) is 12.2. The van der Waals surface area contributed by atoms with Crippen molar-refractivity contribution >= 4 is 40.9 Å². The Morgan fingerprint density at radius 1 is 0.615 bits per heavy atom. The van der Waals surface area contributed by atoms with Crippen LogP contribution in [0.4, 0.5) is 0 Å². The zero-order valence-corrected chi connectivity index (χ0v) is 39.5. The maximum absolute atomic E-state index is 12.8. The first-order valence-electron chi connectivity index (χ1n) is 24.3. The molecule has 0 aliphatic heterocycles. The van der Waals surface area contributed by atoms with Gasteiger partial charge in [-0.05, 0) is 39.0 Å². The molecule has 0 bridgehead atoms. The molecule has 0 aliphatic carbocycles. The number of ether oxygens (including phenoxy) is 4. The van der Waals surface area contributed by atoms with Crippen LogP contribution in [0, 0.1) is 5.92 Å². The molecule has 0 aliphatic rings. The number of Topliss-reactive ketones (excluding diaryl/α,β-unsaturated/α-hetero) is 4. The fraction of sp³-hybridized carbons (Fsp3) is 0.792. The summed E-state index contributed by atoms with van der Waals surface area (Å²) in [6.07, 6.45) is 23.7. The smallest absolute Gasteiger partial charge is 0.303 e. The van der Waals surface area contributed by atoms with Crippen molar-refractivity contribution in [3.05, 3.63) is 18.2 Å². The van der Waals surface area contributed by atoms with Gasteiger partial charge in [-0.25, -0.2) is 4.98 Å². The molecule has 1 heterocycles. The highest BCUT2D eigenvalue weighted by atomic mass is 16.5. The van der Waals surface area contributed by atoms with Crippen LogP contribution in [0.5, 0.6) is 0 Å². The average molecular weight is 926 g/mol. The zero-order valence-electron chi connectivity index (χ0n) is 39.5. The molecule has 65 heavy (non-hydrogen) atoms. The number of carboxylic acids is 1. The molecule has 6 N–H and O–H groups in total. The first-order chi connectivity index (χ1) is 31.5. The van der Waals surface area contributed by atoms with Crippen LogP contribution >= 0.6 is 0 Å². The van der Waals surface area contributed by atoms with Crippen molar-refractivity contribution in [1.82, 2.24) is 20.6 Å². The van der Waals surface area contributed by atoms with E-state index < -0.39 is 17.9 Å². The van der Waals surface area contributed by atoms with Crippen LogP contribution in [0.3, 0.4) is 0 Å². The monoisotopic (exact) mass is 926 g/mol. The van der Waals surface area contributed by atoms with Gasteiger partial charge in [0.15, 0.2) is 5.78 Å². The van der Waals surface area contributed by atoms with Crippen LogP contribution in [0.1, 0.15) is 170 Å². The number of aromatic nitrogens is 2. The Balaban J connectivity index is 0. The Bertz CT molecular complexity index is 1440. The van der Waals surface area contributed by atoms with Crippen LogP contribution in [0.15, 0.2) is 12.5 Å². The SMILES string of the molecule is CC(=O)CCC(=O)[C@H](CCCCNC(=O)COCCOCCNC(=O)COCCOCCCC(=O)CCCCCCCCCCCCCCCCC(=O)O)CC(=O)[C@@H](N)Cc1cnc[nH]1.[HH].[HH]. The Morgan fingerprint density at radius 3 is 1.69 bits per heavy atom. The lowest BCUT2D eigenvalue weighted by Gasteiger charge is -2.17. The van der Waals surface area contributed by atoms with Crippen molar-refractivity contribution in [3.8, 4) is 0 Å². The molecule has 1 aromatic heterocycles. The molecule has 0 aromatic carbocycles. The molecule has 0 saturated heterocycles. The number of imidazole rings is 1. The zero-order chi connectivity index (χ0) is 47.6. The first kappa shape index (κ1) is 59.1. The Morgan fingerprint density at radius 2 is 1.14 bits per heavy atom. The minimum atomic E-state index is -0.768. The second-order valence-corrected chi connectivity index (χ2v) is 16.9. The van der Waals surface area contributed by atoms with Crippen LogP contribution in [0.25, 0.3) is 0 Å². The van der Waals surface area contributed by atoms with Gasteiger partial charge in [-0.1, -0.05) is 83.5 Å². The molecule has 0 radical (unpaired) electrons. The van der Waals surface area contributed by atoms with E-state index in [0.717, 1.165) is 37.8 Å². The predicted octanol–water partition coefficient (Wildman–Crippen LogP) is 6.43. The Labute approximate surface area is 390 Å². The number of amides is 2. The first-order valence-corrected chi connectivity index (χ1v) is 24.3. The maximum atomic E-state index is 12.8. The van der Waals surface area contributed by atoms with E-state index in [-0.39, 0.29) is 96.7 Å². The molecule has 17 heteroatoms. The number of aliphatic carboxylic acids is 1. The van der Waals surface area contributed by atoms with E-state index in [9.17, 15) is 33.6 Å². The largest absolute Gasteiger partial charge is 0.481 e. The molecular formula is C48H87N5O12. The highest BCUT2D eigenvalue weighted by Gasteiger charge is 2.25. The van der Waals surface area contributed by atoms with Crippen LogP contribution < -0.4 is 16.4 Å². The fourth-order valence-electron chi connectivity index (χ4n) is 7.12. The van der Waals surface area contributed by atoms with Crippen LogP contribution in [-0.4, -0.2) is 128 Å². The Hall–Kier alpha value is -3.90. The third kappa shape index (κ3) is 38.0. The van der Waals surface area contributed by atoms with Gasteiger partial charge in [0, 0.05) is 85.3 Å². The lowest BCUT2D eigenvalue weighted by molar-refractivity contribution is -0.137. The lowest BCUT2D eigenvalue weighted by atomic mass is 9.87. The molecular weight excluding hydrogens is 839 g/mol. The molecule has 0 saturated carbocycles. The van der Waals surface area contributed by atoms with Gasteiger partial charge >= 0.3 is 5.97 Å². The summed E-state index contributed by atoms with van der Waals surface area (Å²) < 4.78 is 21.7. The van der Waals surface area contributed by atoms with E-state index in [4.69, 9.17) is 29.8 Å². The average Bonchev–Trinajstić information content (AvgIpc) is 3.79. The standard InChI is InChI=1S/C48H83N5O12.2H2/c1-39(54)23-24-44(56)40(33-45(57)43(49)34-41-35-50-38-53-41)19-16-17-25-51-46(58)36-65-32-30-63-28-26-52-47(59)37-64-31-29-62-27-18-21-42(55)20-14-12-10-8-6-4-2-3-5-7-9-11-13-15-22-48(60)61;;/h35,38,40,43H,2-34,36-37,49H2,1H3,(H,50,53)(H,51,58)(H,52,59)(H,60,61);2*1H/t40-,43+;;/m1../s1. The number of nitrogens with two attached hydrogens (primary N) is 1. The summed E-state index contributed by atoms with van der Waals surface area (Å²) in [6, 6.07) is -0.768. The highest BCUT2D eigenvalue weighted by molar-refractivity contribution is 5.92. The second-order valence-electron chi connectivity index (χ2n) is 16.9. The number of carbonyl (C=O) groups excluding carboxylic acids is 6. The number of hydrogen-bond donors (Lipinski definition) is 5. The number of carboxylic acid groups (broad SMARTS) is 1. The van der Waals surface area contributed by atoms with Gasteiger partial charge in [0.05, 0.1) is 45.4 Å². The van der Waals surface area contributed by atoms with Crippen molar-refractivity contribution in [1.29, 1.82) is 0 Å². The number of unbranched alkanes of at least 4 members (excludes halogenated alkanes) is 14. The van der Waals surface area contributed by atoms with Crippen molar-refractivity contribution in [2.75, 3.05) is 65.9 Å². The number of rotatable bonds is 48. The number of ketones is 4. The third-order valence-corrected chi connectivity index (χ3v) is 11.0. The van der Waals surface area contributed by atoms with Crippen molar-refractivity contribution in [2.45, 2.75) is 173 Å². The molecule has 2 amide bonds. The van der Waals surface area contributed by atoms with Crippen LogP contribution in [0.2, 0.25) is 0 Å². The highest BCUT2D eigenvalue weighted by Crippen LogP contribution is 2.19. The van der Waals surface area contributed by atoms with E-state index in [0.29, 0.717) is 77.7 Å². The van der Waals surface area contributed by atoms with Gasteiger partial charge in [0.25, 0.3) is 0 Å². The molecule has 0 unspecified atom stereocenters. The fourth-order valence-corrected chi connectivity index (χ4v) is 7.12. The lowest BCUT2D eigenvalue weighted by Crippen LogP contribution is -2.35. The molecule has 0 fully saturated rings. The van der Waals surface area contributed by atoms with Crippen LogP contribution in [-0.2, 0) is 58.9 Å². The topological polar surface area (TPSA) is 255 Å². The summed E-state index contributed by atoms with van der Waals surface area (Å²) in [6.45, 7) is 3.69. The number of aromatic amines is 1. The van der Waals surface area contributed by atoms with Gasteiger partial charge < -0.3 is 50.2 Å². The van der Waals surface area contributed by atoms with Gasteiger partial charge in [-0.3, -0.25) is 28.8 Å². The van der Waals surface area contributed by atoms with Gasteiger partial charge in [-0.2, -0.15) is 0 Å².